The molecule has 0 saturated heterocycles. The van der Waals surface area contributed by atoms with E-state index in [0.717, 1.165) is 18.8 Å². The molecular formula is C12H18N2O2. The van der Waals surface area contributed by atoms with Crippen LogP contribution in [-0.4, -0.2) is 30.7 Å². The Balaban J connectivity index is 2.70. The van der Waals surface area contributed by atoms with Gasteiger partial charge in [-0.05, 0) is 38.1 Å². The Morgan fingerprint density at radius 3 is 2.25 bits per heavy atom. The normalized spacial score (nSPS) is 9.94. The van der Waals surface area contributed by atoms with Crippen molar-refractivity contribution in [3.63, 3.8) is 0 Å². The number of rotatable bonds is 5. The molecule has 0 radical (unpaired) electrons. The molecule has 0 atom stereocenters. The number of amides is 1. The van der Waals surface area contributed by atoms with Gasteiger partial charge in [-0.1, -0.05) is 0 Å². The summed E-state index contributed by atoms with van der Waals surface area (Å²) in [7, 11) is 0. The van der Waals surface area contributed by atoms with Gasteiger partial charge in [0, 0.05) is 24.5 Å². The summed E-state index contributed by atoms with van der Waals surface area (Å²) < 4.78 is 0. The number of hydrogen-bond acceptors (Lipinski definition) is 3. The first kappa shape index (κ1) is 12.5. The van der Waals surface area contributed by atoms with E-state index in [-0.39, 0.29) is 0 Å². The summed E-state index contributed by atoms with van der Waals surface area (Å²) in [4.78, 5) is 13.2. The highest BCUT2D eigenvalue weighted by Crippen LogP contribution is 2.17. The van der Waals surface area contributed by atoms with E-state index in [1.54, 1.807) is 0 Å². The molecule has 0 aliphatic carbocycles. The minimum atomic E-state index is -0.488. The van der Waals surface area contributed by atoms with Crippen molar-refractivity contribution in [3.8, 4) is 0 Å². The molecule has 1 aromatic carbocycles. The van der Waals surface area contributed by atoms with Gasteiger partial charge < -0.3 is 15.3 Å². The van der Waals surface area contributed by atoms with Gasteiger partial charge in [-0.25, -0.2) is 0 Å². The number of anilines is 2. The van der Waals surface area contributed by atoms with Crippen LogP contribution in [0.1, 0.15) is 13.8 Å². The summed E-state index contributed by atoms with van der Waals surface area (Å²) in [5.74, 6) is -0.393. The predicted octanol–water partition coefficient (Wildman–Crippen LogP) is 1.46. The molecule has 0 spiro atoms. The first-order valence-electron chi connectivity index (χ1n) is 5.47. The van der Waals surface area contributed by atoms with Gasteiger partial charge in [0.25, 0.3) is 0 Å². The second kappa shape index (κ2) is 6.12. The van der Waals surface area contributed by atoms with Crippen molar-refractivity contribution >= 4 is 17.3 Å². The number of nitrogens with one attached hydrogen (secondary N) is 1. The lowest BCUT2D eigenvalue weighted by Gasteiger charge is -2.21. The van der Waals surface area contributed by atoms with Gasteiger partial charge in [-0.2, -0.15) is 0 Å². The highest BCUT2D eigenvalue weighted by Gasteiger charge is 2.02. The molecule has 1 aromatic rings. The number of nitrogens with zero attached hydrogens (tertiary/aromatic N) is 1. The third-order valence-electron chi connectivity index (χ3n) is 2.42. The van der Waals surface area contributed by atoms with Crippen LogP contribution in [0.25, 0.3) is 0 Å². The fourth-order valence-electron chi connectivity index (χ4n) is 1.54. The zero-order valence-electron chi connectivity index (χ0n) is 9.73. The van der Waals surface area contributed by atoms with Gasteiger partial charge in [0.1, 0.15) is 6.61 Å². The molecule has 4 heteroatoms. The zero-order chi connectivity index (χ0) is 12.0. The summed E-state index contributed by atoms with van der Waals surface area (Å²) in [6.45, 7) is 5.63. The molecule has 0 aliphatic heterocycles. The molecule has 16 heavy (non-hydrogen) atoms. The molecule has 0 aromatic heterocycles. The maximum absolute atomic E-state index is 10.9. The summed E-state index contributed by atoms with van der Waals surface area (Å²) in [5.41, 5.74) is 1.84. The van der Waals surface area contributed by atoms with E-state index >= 15 is 0 Å². The van der Waals surface area contributed by atoms with E-state index in [1.807, 2.05) is 24.3 Å². The maximum Gasteiger partial charge on any atom is 0.250 e. The number of aliphatic hydroxyl groups excluding tert-OH is 1. The van der Waals surface area contributed by atoms with Crippen LogP contribution in [0, 0.1) is 0 Å². The van der Waals surface area contributed by atoms with Gasteiger partial charge >= 0.3 is 0 Å². The molecule has 0 saturated carbocycles. The van der Waals surface area contributed by atoms with Crippen molar-refractivity contribution < 1.29 is 9.90 Å². The molecule has 0 bridgehead atoms. The monoisotopic (exact) mass is 222 g/mol. The first-order chi connectivity index (χ1) is 7.71. The zero-order valence-corrected chi connectivity index (χ0v) is 9.73. The molecule has 4 nitrogen and oxygen atoms in total. The smallest absolute Gasteiger partial charge is 0.250 e. The molecule has 88 valence electrons. The largest absolute Gasteiger partial charge is 0.387 e. The van der Waals surface area contributed by atoms with Crippen LogP contribution in [0.2, 0.25) is 0 Å². The van der Waals surface area contributed by atoms with E-state index in [1.165, 1.54) is 0 Å². The van der Waals surface area contributed by atoms with Crippen molar-refractivity contribution in [3.05, 3.63) is 24.3 Å². The van der Waals surface area contributed by atoms with E-state index in [2.05, 4.69) is 24.1 Å². The number of aliphatic hydroxyl groups is 1. The quantitative estimate of drug-likeness (QED) is 0.793. The lowest BCUT2D eigenvalue weighted by Crippen LogP contribution is -2.21. The number of benzene rings is 1. The van der Waals surface area contributed by atoms with Crippen LogP contribution in [0.3, 0.4) is 0 Å². The minimum absolute atomic E-state index is 0.393. The van der Waals surface area contributed by atoms with Crippen molar-refractivity contribution in [1.82, 2.24) is 0 Å². The van der Waals surface area contributed by atoms with Crippen molar-refractivity contribution in [1.29, 1.82) is 0 Å². The molecule has 2 N–H and O–H groups in total. The van der Waals surface area contributed by atoms with Crippen LogP contribution in [0.4, 0.5) is 11.4 Å². The summed E-state index contributed by atoms with van der Waals surface area (Å²) in [6.07, 6.45) is 0. The molecule has 0 aliphatic rings. The molecule has 0 unspecified atom stereocenters. The average Bonchev–Trinajstić information content (AvgIpc) is 2.32. The summed E-state index contributed by atoms with van der Waals surface area (Å²) in [5, 5.41) is 11.2. The highest BCUT2D eigenvalue weighted by molar-refractivity contribution is 5.91. The second-order valence-corrected chi connectivity index (χ2v) is 3.43. The molecule has 0 fully saturated rings. The Bertz CT molecular complexity index is 331. The Labute approximate surface area is 95.9 Å². The van der Waals surface area contributed by atoms with Crippen LogP contribution in [0.5, 0.6) is 0 Å². The van der Waals surface area contributed by atoms with Gasteiger partial charge in [-0.3, -0.25) is 4.79 Å². The molecule has 1 amide bonds. The van der Waals surface area contributed by atoms with Gasteiger partial charge in [0.05, 0.1) is 0 Å². The summed E-state index contributed by atoms with van der Waals surface area (Å²) in [6, 6.07) is 7.59. The third-order valence-corrected chi connectivity index (χ3v) is 2.42. The number of carbonyl (C=O) groups excluding carboxylic acids is 1. The fourth-order valence-corrected chi connectivity index (χ4v) is 1.54. The lowest BCUT2D eigenvalue weighted by atomic mass is 10.2. The fraction of sp³-hybridized carbons (Fsp3) is 0.417. The minimum Gasteiger partial charge on any atom is -0.387 e. The Kier molecular flexibility index (Phi) is 4.79. The second-order valence-electron chi connectivity index (χ2n) is 3.43. The first-order valence-corrected chi connectivity index (χ1v) is 5.47. The van der Waals surface area contributed by atoms with Crippen molar-refractivity contribution in [2.45, 2.75) is 13.8 Å². The standard InChI is InChI=1S/C12H18N2O2/c1-3-14(4-2)11-7-5-10(6-8-11)13-12(16)9-15/h5-8,15H,3-4,9H2,1-2H3,(H,13,16). The maximum atomic E-state index is 10.9. The molecule has 0 heterocycles. The highest BCUT2D eigenvalue weighted by atomic mass is 16.3. The lowest BCUT2D eigenvalue weighted by molar-refractivity contribution is -0.118. The van der Waals surface area contributed by atoms with E-state index in [0.29, 0.717) is 5.69 Å². The predicted molar refractivity (Wildman–Crippen MR) is 65.7 cm³/mol. The Hall–Kier alpha value is -1.55. The van der Waals surface area contributed by atoms with Crippen LogP contribution in [-0.2, 0) is 4.79 Å². The van der Waals surface area contributed by atoms with Gasteiger partial charge in [0.15, 0.2) is 0 Å². The van der Waals surface area contributed by atoms with Crippen molar-refractivity contribution in [2.75, 3.05) is 29.9 Å². The van der Waals surface area contributed by atoms with Gasteiger partial charge in [-0.15, -0.1) is 0 Å². The van der Waals surface area contributed by atoms with Crippen LogP contribution >= 0.6 is 0 Å². The van der Waals surface area contributed by atoms with E-state index in [4.69, 9.17) is 5.11 Å². The Morgan fingerprint density at radius 2 is 1.81 bits per heavy atom. The average molecular weight is 222 g/mol. The summed E-state index contributed by atoms with van der Waals surface area (Å²) >= 11 is 0. The molecule has 1 rings (SSSR count). The topological polar surface area (TPSA) is 52.6 Å². The number of carbonyl (C=O) groups is 1. The molecular weight excluding hydrogens is 204 g/mol. The Morgan fingerprint density at radius 1 is 1.25 bits per heavy atom. The SMILES string of the molecule is CCN(CC)c1ccc(NC(=O)CO)cc1. The van der Waals surface area contributed by atoms with Gasteiger partial charge in [0.2, 0.25) is 5.91 Å². The van der Waals surface area contributed by atoms with Crippen LogP contribution in [0.15, 0.2) is 24.3 Å². The van der Waals surface area contributed by atoms with E-state index < -0.39 is 12.5 Å². The number of hydrogen-bond donors (Lipinski definition) is 2. The third kappa shape index (κ3) is 3.24. The van der Waals surface area contributed by atoms with Crippen LogP contribution < -0.4 is 10.2 Å². The van der Waals surface area contributed by atoms with E-state index in [9.17, 15) is 4.79 Å². The van der Waals surface area contributed by atoms with Crippen molar-refractivity contribution in [2.24, 2.45) is 0 Å².